The molecular weight excluding hydrogens is 548 g/mol. The molecule has 0 radical (unpaired) electrons. The molecule has 2 N–H and O–H groups in total. The summed E-state index contributed by atoms with van der Waals surface area (Å²) in [5, 5.41) is 15.1. The minimum absolute atomic E-state index is 0.00967. The van der Waals surface area contributed by atoms with Crippen LogP contribution in [-0.2, 0) is 17.6 Å². The number of nitrogens with one attached hydrogen (secondary N) is 1. The zero-order valence-electron chi connectivity index (χ0n) is 22.5. The Balaban J connectivity index is 1.42. The van der Waals surface area contributed by atoms with Gasteiger partial charge in [0.05, 0.1) is 36.3 Å². The van der Waals surface area contributed by atoms with Gasteiger partial charge in [0.25, 0.3) is 11.5 Å². The van der Waals surface area contributed by atoms with Crippen LogP contribution >= 0.6 is 23.1 Å². The summed E-state index contributed by atoms with van der Waals surface area (Å²) in [7, 11) is 1.47. The highest BCUT2D eigenvalue weighted by molar-refractivity contribution is 7.99. The van der Waals surface area contributed by atoms with E-state index in [1.165, 1.54) is 29.8 Å². The Labute approximate surface area is 239 Å². The molecule has 0 spiro atoms. The Bertz CT molecular complexity index is 1640. The molecule has 0 saturated carbocycles. The van der Waals surface area contributed by atoms with Crippen LogP contribution in [0.1, 0.15) is 42.7 Å². The Morgan fingerprint density at radius 2 is 1.98 bits per heavy atom. The van der Waals surface area contributed by atoms with E-state index in [0.29, 0.717) is 45.6 Å². The van der Waals surface area contributed by atoms with E-state index in [0.717, 1.165) is 36.1 Å². The summed E-state index contributed by atoms with van der Waals surface area (Å²) in [6.07, 6.45) is 4.03. The number of benzene rings is 2. The molecule has 1 aliphatic rings. The first kappa shape index (κ1) is 27.7. The normalized spacial score (nSPS) is 13.2. The summed E-state index contributed by atoms with van der Waals surface area (Å²) in [6, 6.07) is 12.2. The summed E-state index contributed by atoms with van der Waals surface area (Å²) in [5.41, 5.74) is 5.48. The van der Waals surface area contributed by atoms with Crippen molar-refractivity contribution in [2.45, 2.75) is 44.7 Å². The lowest BCUT2D eigenvalue weighted by atomic mass is 9.97. The van der Waals surface area contributed by atoms with Gasteiger partial charge in [-0.05, 0) is 87.6 Å². The van der Waals surface area contributed by atoms with Crippen LogP contribution in [-0.4, -0.2) is 45.7 Å². The summed E-state index contributed by atoms with van der Waals surface area (Å²) in [4.78, 5) is 33.5. The van der Waals surface area contributed by atoms with Crippen LogP contribution in [0, 0.1) is 0 Å². The molecule has 0 saturated heterocycles. The van der Waals surface area contributed by atoms with E-state index >= 15 is 0 Å². The number of rotatable bonds is 9. The number of thiophene rings is 1. The summed E-state index contributed by atoms with van der Waals surface area (Å²) in [5.74, 6) is 0.727. The lowest BCUT2D eigenvalue weighted by Gasteiger charge is -2.14. The maximum Gasteiger partial charge on any atom is 0.267 e. The molecule has 2 aromatic heterocycles. The number of phenols is 1. The highest BCUT2D eigenvalue weighted by Gasteiger charge is 2.23. The Hall–Kier alpha value is -3.83. The van der Waals surface area contributed by atoms with Crippen molar-refractivity contribution < 1.29 is 19.4 Å². The van der Waals surface area contributed by atoms with Gasteiger partial charge < -0.3 is 14.6 Å². The molecular formula is C29H30N4O5S2. The third-order valence-corrected chi connectivity index (χ3v) is 8.77. The zero-order valence-corrected chi connectivity index (χ0v) is 24.2. The van der Waals surface area contributed by atoms with E-state index in [2.05, 4.69) is 10.5 Å². The number of nitrogens with zero attached hydrogens (tertiary/aromatic N) is 3. The summed E-state index contributed by atoms with van der Waals surface area (Å²) >= 11 is 2.77. The molecule has 0 fully saturated rings. The van der Waals surface area contributed by atoms with Gasteiger partial charge >= 0.3 is 0 Å². The minimum Gasteiger partial charge on any atom is -0.504 e. The first-order valence-electron chi connectivity index (χ1n) is 13.0. The average molecular weight is 579 g/mol. The fourth-order valence-electron chi connectivity index (χ4n) is 4.64. The van der Waals surface area contributed by atoms with Gasteiger partial charge in [-0.25, -0.2) is 10.4 Å². The Kier molecular flexibility index (Phi) is 8.41. The Morgan fingerprint density at radius 1 is 1.20 bits per heavy atom. The number of hydrazone groups is 1. The second-order valence-electron chi connectivity index (χ2n) is 9.26. The van der Waals surface area contributed by atoms with Crippen molar-refractivity contribution in [1.82, 2.24) is 15.0 Å². The fraction of sp³-hybridized carbons (Fsp3) is 0.310. The zero-order chi connectivity index (χ0) is 28.2. The number of hydrogen-bond acceptors (Lipinski definition) is 9. The number of ether oxygens (including phenoxy) is 2. The molecule has 1 aliphatic carbocycles. The number of thioether (sulfide) groups is 1. The van der Waals surface area contributed by atoms with Gasteiger partial charge in [-0.3, -0.25) is 14.2 Å². The highest BCUT2D eigenvalue weighted by atomic mass is 32.2. The number of fused-ring (bicyclic) bond motifs is 3. The van der Waals surface area contributed by atoms with Crippen molar-refractivity contribution >= 4 is 44.9 Å². The van der Waals surface area contributed by atoms with Gasteiger partial charge in [-0.2, -0.15) is 5.10 Å². The first-order valence-corrected chi connectivity index (χ1v) is 14.8. The molecule has 1 amide bonds. The van der Waals surface area contributed by atoms with Crippen LogP contribution in [0.5, 0.6) is 17.2 Å². The predicted molar refractivity (Wildman–Crippen MR) is 159 cm³/mol. The molecule has 0 unspecified atom stereocenters. The van der Waals surface area contributed by atoms with Crippen LogP contribution in [0.15, 0.2) is 57.5 Å². The number of carbonyl (C=O) groups is 1. The topological polar surface area (TPSA) is 115 Å². The highest BCUT2D eigenvalue weighted by Crippen LogP contribution is 2.35. The lowest BCUT2D eigenvalue weighted by molar-refractivity contribution is -0.118. The molecule has 9 nitrogen and oxygen atoms in total. The maximum atomic E-state index is 13.9. The van der Waals surface area contributed by atoms with E-state index in [1.54, 1.807) is 35.0 Å². The van der Waals surface area contributed by atoms with Crippen LogP contribution in [0.4, 0.5) is 0 Å². The van der Waals surface area contributed by atoms with E-state index in [1.807, 2.05) is 31.2 Å². The molecule has 40 heavy (non-hydrogen) atoms. The standard InChI is InChI=1S/C29H30N4O5S2/c1-4-38-20-12-10-19(11-13-20)33-28(36)26-21-7-5-6-8-24(21)40-27(26)30-29(33)39-16-25(35)32-31-17(2)18-9-14-22(34)23(15-18)37-3/h9-15,34H,4-8,16H2,1-3H3,(H,32,35)/b31-17+. The van der Waals surface area contributed by atoms with Gasteiger partial charge in [0, 0.05) is 10.4 Å². The SMILES string of the molecule is CCOc1ccc(-n2c(SCC(=O)N/N=C(\C)c3ccc(O)c(OC)c3)nc3sc4c(c3c2=O)CCCC4)cc1. The number of aromatic nitrogens is 2. The first-order chi connectivity index (χ1) is 19.4. The average Bonchev–Trinajstić information content (AvgIpc) is 3.34. The number of aryl methyl sites for hydroxylation is 2. The van der Waals surface area contributed by atoms with Crippen molar-refractivity contribution in [2.75, 3.05) is 19.5 Å². The molecule has 0 atom stereocenters. The molecule has 0 aliphatic heterocycles. The minimum atomic E-state index is -0.340. The van der Waals surface area contributed by atoms with E-state index in [9.17, 15) is 14.7 Å². The monoisotopic (exact) mass is 578 g/mol. The number of aromatic hydroxyl groups is 1. The van der Waals surface area contributed by atoms with Crippen molar-refractivity contribution in [2.24, 2.45) is 5.10 Å². The van der Waals surface area contributed by atoms with Crippen molar-refractivity contribution in [1.29, 1.82) is 0 Å². The molecule has 11 heteroatoms. The molecule has 2 heterocycles. The van der Waals surface area contributed by atoms with Crippen molar-refractivity contribution in [3.8, 4) is 22.9 Å². The van der Waals surface area contributed by atoms with Crippen molar-refractivity contribution in [3.63, 3.8) is 0 Å². The van der Waals surface area contributed by atoms with E-state index in [-0.39, 0.29) is 23.0 Å². The van der Waals surface area contributed by atoms with Crippen molar-refractivity contribution in [3.05, 3.63) is 68.8 Å². The van der Waals surface area contributed by atoms with Crippen LogP contribution in [0.3, 0.4) is 0 Å². The molecule has 0 bridgehead atoms. The Morgan fingerprint density at radius 3 is 2.73 bits per heavy atom. The van der Waals surface area contributed by atoms with Gasteiger partial charge in [-0.1, -0.05) is 11.8 Å². The lowest BCUT2D eigenvalue weighted by Crippen LogP contribution is -2.24. The third kappa shape index (κ3) is 5.71. The quantitative estimate of drug-likeness (QED) is 0.123. The largest absolute Gasteiger partial charge is 0.504 e. The molecule has 208 valence electrons. The van der Waals surface area contributed by atoms with Gasteiger partial charge in [0.1, 0.15) is 10.6 Å². The second kappa shape index (κ2) is 12.1. The summed E-state index contributed by atoms with van der Waals surface area (Å²) in [6.45, 7) is 4.21. The second-order valence-corrected chi connectivity index (χ2v) is 11.3. The van der Waals surface area contributed by atoms with Crippen LogP contribution in [0.2, 0.25) is 0 Å². The third-order valence-electron chi connectivity index (χ3n) is 6.64. The van der Waals surface area contributed by atoms with Gasteiger partial charge in [0.15, 0.2) is 16.7 Å². The van der Waals surface area contributed by atoms with Crippen LogP contribution < -0.4 is 20.5 Å². The maximum absolute atomic E-state index is 13.9. The fourth-order valence-corrected chi connectivity index (χ4v) is 6.75. The molecule has 5 rings (SSSR count). The predicted octanol–water partition coefficient (Wildman–Crippen LogP) is 5.07. The smallest absolute Gasteiger partial charge is 0.267 e. The number of phenolic OH excluding ortho intramolecular Hbond substituents is 1. The summed E-state index contributed by atoms with van der Waals surface area (Å²) < 4.78 is 12.3. The van der Waals surface area contributed by atoms with Gasteiger partial charge in [-0.15, -0.1) is 11.3 Å². The number of methoxy groups -OCH3 is 1. The van der Waals surface area contributed by atoms with E-state index < -0.39 is 0 Å². The number of carbonyl (C=O) groups excluding carboxylic acids is 1. The number of amides is 1. The van der Waals surface area contributed by atoms with Crippen LogP contribution in [0.25, 0.3) is 15.9 Å². The van der Waals surface area contributed by atoms with E-state index in [4.69, 9.17) is 14.5 Å². The molecule has 2 aromatic carbocycles. The van der Waals surface area contributed by atoms with Gasteiger partial charge in [0.2, 0.25) is 0 Å². The molecule has 4 aromatic rings. The number of hydrogen-bond donors (Lipinski definition) is 2.